The van der Waals surface area contributed by atoms with E-state index < -0.39 is 17.6 Å². The molecule has 0 fully saturated rings. The molecule has 0 saturated carbocycles. The maximum Gasteiger partial charge on any atom is 0.416 e. The number of halogens is 3. The molecule has 1 aromatic carbocycles. The van der Waals surface area contributed by atoms with Crippen LogP contribution in [0.3, 0.4) is 0 Å². The summed E-state index contributed by atoms with van der Waals surface area (Å²) >= 11 is 0. The summed E-state index contributed by atoms with van der Waals surface area (Å²) in [6, 6.07) is 8.37. The predicted molar refractivity (Wildman–Crippen MR) is 97.0 cm³/mol. The second kappa shape index (κ2) is 7.26. The molecule has 0 aliphatic carbocycles. The zero-order valence-electron chi connectivity index (χ0n) is 14.6. The zero-order valence-corrected chi connectivity index (χ0v) is 14.6. The van der Waals surface area contributed by atoms with Crippen LogP contribution in [0.4, 0.5) is 13.2 Å². The van der Waals surface area contributed by atoms with Crippen LogP contribution in [0.2, 0.25) is 0 Å². The molecule has 4 nitrogen and oxygen atoms in total. The number of aromatic amines is 1. The number of benzene rings is 1. The van der Waals surface area contributed by atoms with Crippen LogP contribution in [0.1, 0.15) is 34.8 Å². The lowest BCUT2D eigenvalue weighted by molar-refractivity contribution is -0.137. The number of pyridine rings is 1. The fourth-order valence-electron chi connectivity index (χ4n) is 3.11. The molecule has 27 heavy (non-hydrogen) atoms. The average molecular weight is 373 g/mol. The minimum Gasteiger partial charge on any atom is -0.366 e. The molecule has 0 saturated heterocycles. The molecule has 2 heterocycles. The van der Waals surface area contributed by atoms with Crippen molar-refractivity contribution < 1.29 is 18.0 Å². The molecule has 1 amide bonds. The van der Waals surface area contributed by atoms with Crippen LogP contribution in [-0.2, 0) is 12.6 Å². The summed E-state index contributed by atoms with van der Waals surface area (Å²) in [5, 5.41) is 0. The Labute approximate surface area is 154 Å². The number of hydrogen-bond acceptors (Lipinski definition) is 2. The van der Waals surface area contributed by atoms with Crippen molar-refractivity contribution in [2.75, 3.05) is 0 Å². The van der Waals surface area contributed by atoms with Crippen molar-refractivity contribution in [3.8, 4) is 22.5 Å². The molecule has 0 bridgehead atoms. The number of aromatic nitrogens is 2. The van der Waals surface area contributed by atoms with Gasteiger partial charge in [-0.3, -0.25) is 9.78 Å². The Balaban J connectivity index is 2.19. The minimum atomic E-state index is -4.40. The van der Waals surface area contributed by atoms with Crippen LogP contribution >= 0.6 is 0 Å². The first-order valence-corrected chi connectivity index (χ1v) is 8.45. The molecule has 0 unspecified atom stereocenters. The van der Waals surface area contributed by atoms with Crippen LogP contribution in [0.15, 0.2) is 48.8 Å². The summed E-state index contributed by atoms with van der Waals surface area (Å²) in [7, 11) is 0. The van der Waals surface area contributed by atoms with E-state index in [1.165, 1.54) is 12.1 Å². The van der Waals surface area contributed by atoms with E-state index in [4.69, 9.17) is 5.73 Å². The van der Waals surface area contributed by atoms with Crippen molar-refractivity contribution in [3.05, 3.63) is 65.5 Å². The van der Waals surface area contributed by atoms with Gasteiger partial charge >= 0.3 is 6.18 Å². The van der Waals surface area contributed by atoms with Gasteiger partial charge in [0.25, 0.3) is 5.91 Å². The van der Waals surface area contributed by atoms with Crippen molar-refractivity contribution in [2.45, 2.75) is 25.9 Å². The summed E-state index contributed by atoms with van der Waals surface area (Å²) < 4.78 is 38.5. The van der Waals surface area contributed by atoms with Gasteiger partial charge in [0.2, 0.25) is 0 Å². The van der Waals surface area contributed by atoms with Crippen molar-refractivity contribution in [2.24, 2.45) is 5.73 Å². The van der Waals surface area contributed by atoms with Crippen LogP contribution in [-0.4, -0.2) is 15.9 Å². The number of carbonyl (C=O) groups is 1. The van der Waals surface area contributed by atoms with Gasteiger partial charge < -0.3 is 10.7 Å². The number of nitrogens with two attached hydrogens (primary N) is 1. The van der Waals surface area contributed by atoms with Crippen LogP contribution in [0.5, 0.6) is 0 Å². The number of nitrogens with one attached hydrogen (secondary N) is 1. The topological polar surface area (TPSA) is 71.8 Å². The molecule has 3 rings (SSSR count). The number of H-pyrrole nitrogens is 1. The number of hydrogen-bond donors (Lipinski definition) is 2. The molecule has 0 radical (unpaired) electrons. The van der Waals surface area contributed by atoms with Gasteiger partial charge in [0, 0.05) is 23.7 Å². The van der Waals surface area contributed by atoms with Gasteiger partial charge in [0.05, 0.1) is 16.8 Å². The largest absolute Gasteiger partial charge is 0.416 e. The molecule has 0 atom stereocenters. The highest BCUT2D eigenvalue weighted by Gasteiger charge is 2.30. The summed E-state index contributed by atoms with van der Waals surface area (Å²) in [6.07, 6.45) is 0.119. The first-order chi connectivity index (χ1) is 12.8. The van der Waals surface area contributed by atoms with E-state index in [0.717, 1.165) is 18.6 Å². The molecule has 2 aromatic heterocycles. The molecular formula is C20H18F3N3O. The lowest BCUT2D eigenvalue weighted by Gasteiger charge is -2.09. The summed E-state index contributed by atoms with van der Waals surface area (Å²) in [5.74, 6) is -0.591. The highest BCUT2D eigenvalue weighted by Crippen LogP contribution is 2.36. The summed E-state index contributed by atoms with van der Waals surface area (Å²) in [4.78, 5) is 19.4. The lowest BCUT2D eigenvalue weighted by atomic mass is 9.97. The third-order valence-electron chi connectivity index (χ3n) is 4.30. The Hall–Kier alpha value is -3.09. The number of amides is 1. The normalized spacial score (nSPS) is 11.6. The Morgan fingerprint density at radius 3 is 2.33 bits per heavy atom. The van der Waals surface area contributed by atoms with Crippen LogP contribution in [0, 0.1) is 0 Å². The highest BCUT2D eigenvalue weighted by atomic mass is 19.4. The van der Waals surface area contributed by atoms with E-state index in [1.54, 1.807) is 24.5 Å². The van der Waals surface area contributed by atoms with E-state index in [0.29, 0.717) is 40.1 Å². The maximum atomic E-state index is 12.8. The highest BCUT2D eigenvalue weighted by molar-refractivity contribution is 6.02. The quantitative estimate of drug-likeness (QED) is 0.673. The fraction of sp³-hybridized carbons (Fsp3) is 0.200. The second-order valence-electron chi connectivity index (χ2n) is 6.16. The van der Waals surface area contributed by atoms with E-state index in [2.05, 4.69) is 9.97 Å². The van der Waals surface area contributed by atoms with Gasteiger partial charge in [-0.1, -0.05) is 25.5 Å². The molecule has 140 valence electrons. The van der Waals surface area contributed by atoms with Crippen molar-refractivity contribution in [3.63, 3.8) is 0 Å². The first kappa shape index (κ1) is 18.7. The zero-order chi connectivity index (χ0) is 19.6. The van der Waals surface area contributed by atoms with Gasteiger partial charge in [-0.25, -0.2) is 0 Å². The van der Waals surface area contributed by atoms with Crippen molar-refractivity contribution in [1.29, 1.82) is 0 Å². The summed E-state index contributed by atoms with van der Waals surface area (Å²) in [5.41, 5.74) is 8.31. The van der Waals surface area contributed by atoms with E-state index in [-0.39, 0.29) is 0 Å². The number of primary amides is 1. The molecule has 0 aliphatic rings. The molecular weight excluding hydrogens is 355 g/mol. The maximum absolute atomic E-state index is 12.8. The fourth-order valence-corrected chi connectivity index (χ4v) is 3.11. The van der Waals surface area contributed by atoms with E-state index >= 15 is 0 Å². The summed E-state index contributed by atoms with van der Waals surface area (Å²) in [6.45, 7) is 1.96. The average Bonchev–Trinajstić information content (AvgIpc) is 3.02. The lowest BCUT2D eigenvalue weighted by Crippen LogP contribution is -2.13. The molecule has 0 aliphatic heterocycles. The molecule has 3 N–H and O–H groups in total. The third kappa shape index (κ3) is 3.72. The standard InChI is InChI=1S/C20H18F3N3O/c1-2-4-15-16(19(24)27)18(13-5-3-10-25-11-13)26-17(15)12-6-8-14(9-7-12)20(21,22)23/h3,5-11,26H,2,4H2,1H3,(H2,24,27). The van der Waals surface area contributed by atoms with E-state index in [1.807, 2.05) is 6.92 Å². The smallest absolute Gasteiger partial charge is 0.366 e. The predicted octanol–water partition coefficient (Wildman–Crippen LogP) is 4.81. The first-order valence-electron chi connectivity index (χ1n) is 8.45. The minimum absolute atomic E-state index is 0.347. The van der Waals surface area contributed by atoms with Crippen molar-refractivity contribution in [1.82, 2.24) is 9.97 Å². The van der Waals surface area contributed by atoms with E-state index in [9.17, 15) is 18.0 Å². The van der Waals surface area contributed by atoms with Gasteiger partial charge in [0.15, 0.2) is 0 Å². The Morgan fingerprint density at radius 1 is 1.11 bits per heavy atom. The monoisotopic (exact) mass is 373 g/mol. The number of nitrogens with zero attached hydrogens (tertiary/aromatic N) is 1. The Bertz CT molecular complexity index is 945. The van der Waals surface area contributed by atoms with Crippen LogP contribution in [0.25, 0.3) is 22.5 Å². The van der Waals surface area contributed by atoms with Gasteiger partial charge in [-0.15, -0.1) is 0 Å². The third-order valence-corrected chi connectivity index (χ3v) is 4.30. The molecule has 3 aromatic rings. The van der Waals surface area contributed by atoms with Crippen molar-refractivity contribution >= 4 is 5.91 Å². The number of rotatable bonds is 5. The molecule has 0 spiro atoms. The van der Waals surface area contributed by atoms with Gasteiger partial charge in [-0.05, 0) is 41.8 Å². The van der Waals surface area contributed by atoms with Gasteiger partial charge in [-0.2, -0.15) is 13.2 Å². The Kier molecular flexibility index (Phi) is 5.03. The Morgan fingerprint density at radius 2 is 1.81 bits per heavy atom. The number of carbonyl (C=O) groups excluding carboxylic acids is 1. The van der Waals surface area contributed by atoms with Gasteiger partial charge in [0.1, 0.15) is 0 Å². The number of alkyl halides is 3. The second-order valence-corrected chi connectivity index (χ2v) is 6.16. The molecule has 7 heteroatoms. The van der Waals surface area contributed by atoms with Crippen LogP contribution < -0.4 is 5.73 Å². The SMILES string of the molecule is CCCc1c(-c2ccc(C(F)(F)F)cc2)[nH]c(-c2cccnc2)c1C(N)=O.